The zero-order chi connectivity index (χ0) is 12.1. The number of nitrogens with one attached hydrogen (secondary N) is 1. The number of hydrogen-bond donors (Lipinski definition) is 3. The Labute approximate surface area is 105 Å². The molecule has 0 bridgehead atoms. The number of rotatable bonds is 5. The summed E-state index contributed by atoms with van der Waals surface area (Å²) in [6, 6.07) is 1.77. The molecule has 1 heterocycles. The van der Waals surface area contributed by atoms with Gasteiger partial charge >= 0.3 is 0 Å². The van der Waals surface area contributed by atoms with Gasteiger partial charge in [-0.3, -0.25) is 4.79 Å². The number of aliphatic hydroxyl groups excluding tert-OH is 1. The summed E-state index contributed by atoms with van der Waals surface area (Å²) in [5.41, 5.74) is 0. The maximum Gasteiger partial charge on any atom is 0.261 e. The van der Waals surface area contributed by atoms with Gasteiger partial charge in [0.05, 0.1) is 4.88 Å². The van der Waals surface area contributed by atoms with Crippen molar-refractivity contribution in [2.24, 2.45) is 5.92 Å². The predicted octanol–water partition coefficient (Wildman–Crippen LogP) is 2.17. The van der Waals surface area contributed by atoms with E-state index in [4.69, 9.17) is 5.11 Å². The standard InChI is InChI=1S/C11H17NO2S2/c1-7(2)9(3-4-13)12-11(14)10-5-8(15)6-16-10/h5-7,9,13,15H,3-4H2,1-2H3,(H,12,14). The SMILES string of the molecule is CC(C)C(CCO)NC(=O)c1cc(S)cs1. The van der Waals surface area contributed by atoms with Gasteiger partial charge in [0.25, 0.3) is 5.91 Å². The summed E-state index contributed by atoms with van der Waals surface area (Å²) in [5.74, 6) is 0.226. The summed E-state index contributed by atoms with van der Waals surface area (Å²) in [5, 5.41) is 13.7. The van der Waals surface area contributed by atoms with Crippen molar-refractivity contribution in [2.45, 2.75) is 31.2 Å². The van der Waals surface area contributed by atoms with Crippen molar-refractivity contribution in [1.29, 1.82) is 0 Å². The van der Waals surface area contributed by atoms with Crippen molar-refractivity contribution in [1.82, 2.24) is 5.32 Å². The monoisotopic (exact) mass is 259 g/mol. The lowest BCUT2D eigenvalue weighted by atomic mass is 10.0. The fourth-order valence-electron chi connectivity index (χ4n) is 1.40. The zero-order valence-electron chi connectivity index (χ0n) is 9.43. The molecule has 1 rings (SSSR count). The molecule has 0 aliphatic carbocycles. The Morgan fingerprint density at radius 3 is 2.75 bits per heavy atom. The molecule has 0 aliphatic rings. The van der Waals surface area contributed by atoms with Crippen LogP contribution in [-0.4, -0.2) is 23.7 Å². The second kappa shape index (κ2) is 6.27. The molecule has 5 heteroatoms. The van der Waals surface area contributed by atoms with Crippen LogP contribution in [0.15, 0.2) is 16.3 Å². The Balaban J connectivity index is 2.61. The van der Waals surface area contributed by atoms with E-state index in [1.165, 1.54) is 11.3 Å². The molecule has 16 heavy (non-hydrogen) atoms. The Morgan fingerprint density at radius 2 is 2.31 bits per heavy atom. The normalized spacial score (nSPS) is 12.8. The van der Waals surface area contributed by atoms with Crippen LogP contribution >= 0.6 is 24.0 Å². The third-order valence-electron chi connectivity index (χ3n) is 2.37. The van der Waals surface area contributed by atoms with E-state index in [1.54, 1.807) is 6.07 Å². The Bertz CT molecular complexity index is 350. The summed E-state index contributed by atoms with van der Waals surface area (Å²) >= 11 is 5.54. The lowest BCUT2D eigenvalue weighted by Crippen LogP contribution is -2.38. The van der Waals surface area contributed by atoms with Crippen LogP contribution < -0.4 is 5.32 Å². The number of hydrogen-bond acceptors (Lipinski definition) is 4. The van der Waals surface area contributed by atoms with Crippen molar-refractivity contribution >= 4 is 29.9 Å². The predicted molar refractivity (Wildman–Crippen MR) is 69.4 cm³/mol. The van der Waals surface area contributed by atoms with Crippen LogP contribution in [0.4, 0.5) is 0 Å². The Hall–Kier alpha value is -0.520. The van der Waals surface area contributed by atoms with Gasteiger partial charge in [-0.15, -0.1) is 24.0 Å². The summed E-state index contributed by atoms with van der Waals surface area (Å²) in [7, 11) is 0. The van der Waals surface area contributed by atoms with Gasteiger partial charge in [0.1, 0.15) is 0 Å². The van der Waals surface area contributed by atoms with Crippen LogP contribution in [-0.2, 0) is 0 Å². The van der Waals surface area contributed by atoms with Gasteiger partial charge in [0, 0.05) is 22.9 Å². The summed E-state index contributed by atoms with van der Waals surface area (Å²) in [6.07, 6.45) is 0.586. The van der Waals surface area contributed by atoms with Crippen molar-refractivity contribution in [3.63, 3.8) is 0 Å². The first-order valence-corrected chi connectivity index (χ1v) is 6.56. The van der Waals surface area contributed by atoms with Crippen LogP contribution in [0.2, 0.25) is 0 Å². The average molecular weight is 259 g/mol. The molecule has 0 aromatic carbocycles. The third kappa shape index (κ3) is 3.81. The Kier molecular flexibility index (Phi) is 5.31. The largest absolute Gasteiger partial charge is 0.396 e. The summed E-state index contributed by atoms with van der Waals surface area (Å²) in [4.78, 5) is 13.3. The number of aliphatic hydroxyl groups is 1. The topological polar surface area (TPSA) is 49.3 Å². The molecule has 0 saturated carbocycles. The van der Waals surface area contributed by atoms with Crippen molar-refractivity contribution in [3.8, 4) is 0 Å². The fourth-order valence-corrected chi connectivity index (χ4v) is 2.45. The molecule has 90 valence electrons. The quantitative estimate of drug-likeness (QED) is 0.710. The number of carbonyl (C=O) groups is 1. The van der Waals surface area contributed by atoms with Crippen LogP contribution in [0.5, 0.6) is 0 Å². The summed E-state index contributed by atoms with van der Waals surface area (Å²) in [6.45, 7) is 4.14. The fraction of sp³-hybridized carbons (Fsp3) is 0.545. The van der Waals surface area contributed by atoms with Crippen LogP contribution in [0.1, 0.15) is 29.9 Å². The van der Waals surface area contributed by atoms with Gasteiger partial charge in [-0.25, -0.2) is 0 Å². The Morgan fingerprint density at radius 1 is 1.62 bits per heavy atom. The minimum absolute atomic E-state index is 0.0166. The van der Waals surface area contributed by atoms with E-state index >= 15 is 0 Å². The highest BCUT2D eigenvalue weighted by Crippen LogP contribution is 2.18. The molecule has 2 N–H and O–H groups in total. The van der Waals surface area contributed by atoms with Crippen LogP contribution in [0.25, 0.3) is 0 Å². The second-order valence-corrected chi connectivity index (χ2v) is 5.43. The second-order valence-electron chi connectivity index (χ2n) is 4.01. The maximum atomic E-state index is 11.8. The minimum Gasteiger partial charge on any atom is -0.396 e. The van der Waals surface area contributed by atoms with E-state index in [-0.39, 0.29) is 18.6 Å². The first kappa shape index (κ1) is 13.5. The molecule has 1 unspecified atom stereocenters. The third-order valence-corrected chi connectivity index (χ3v) is 3.73. The van der Waals surface area contributed by atoms with E-state index < -0.39 is 0 Å². The summed E-state index contributed by atoms with van der Waals surface area (Å²) < 4.78 is 0. The molecule has 0 saturated heterocycles. The number of carbonyl (C=O) groups excluding carboxylic acids is 1. The van der Waals surface area contributed by atoms with E-state index in [0.717, 1.165) is 4.90 Å². The molecule has 0 radical (unpaired) electrons. The number of thiol groups is 1. The number of amides is 1. The lowest BCUT2D eigenvalue weighted by molar-refractivity contribution is 0.0920. The molecule has 0 fully saturated rings. The first-order chi connectivity index (χ1) is 7.54. The maximum absolute atomic E-state index is 11.8. The average Bonchev–Trinajstić information content (AvgIpc) is 2.64. The molecule has 0 spiro atoms. The molecule has 1 aromatic rings. The zero-order valence-corrected chi connectivity index (χ0v) is 11.1. The van der Waals surface area contributed by atoms with Gasteiger partial charge < -0.3 is 10.4 Å². The van der Waals surface area contributed by atoms with Gasteiger partial charge in [0.15, 0.2) is 0 Å². The molecule has 0 aliphatic heterocycles. The van der Waals surface area contributed by atoms with E-state index in [0.29, 0.717) is 17.2 Å². The van der Waals surface area contributed by atoms with E-state index in [9.17, 15) is 4.79 Å². The molecular formula is C11H17NO2S2. The van der Waals surface area contributed by atoms with Crippen molar-refractivity contribution in [3.05, 3.63) is 16.3 Å². The highest BCUT2D eigenvalue weighted by Gasteiger charge is 2.17. The lowest BCUT2D eigenvalue weighted by Gasteiger charge is -2.20. The van der Waals surface area contributed by atoms with Crippen LogP contribution in [0.3, 0.4) is 0 Å². The molecule has 1 amide bonds. The highest BCUT2D eigenvalue weighted by atomic mass is 32.1. The molecular weight excluding hydrogens is 242 g/mol. The molecule has 1 atom stereocenters. The molecule has 1 aromatic heterocycles. The highest BCUT2D eigenvalue weighted by molar-refractivity contribution is 7.80. The minimum atomic E-state index is -0.0857. The van der Waals surface area contributed by atoms with Gasteiger partial charge in [-0.1, -0.05) is 13.8 Å². The van der Waals surface area contributed by atoms with Gasteiger partial charge in [0.2, 0.25) is 0 Å². The molecule has 3 nitrogen and oxygen atoms in total. The first-order valence-electron chi connectivity index (χ1n) is 5.23. The van der Waals surface area contributed by atoms with E-state index in [1.807, 2.05) is 19.2 Å². The van der Waals surface area contributed by atoms with Crippen molar-refractivity contribution in [2.75, 3.05) is 6.61 Å². The van der Waals surface area contributed by atoms with Crippen molar-refractivity contribution < 1.29 is 9.90 Å². The van der Waals surface area contributed by atoms with E-state index in [2.05, 4.69) is 17.9 Å². The number of thiophene rings is 1. The smallest absolute Gasteiger partial charge is 0.261 e. The van der Waals surface area contributed by atoms with Gasteiger partial charge in [-0.05, 0) is 18.4 Å². The van der Waals surface area contributed by atoms with Gasteiger partial charge in [-0.2, -0.15) is 0 Å². The van der Waals surface area contributed by atoms with Crippen LogP contribution in [0, 0.1) is 5.92 Å².